The molecule has 0 aromatic heterocycles. The maximum atomic E-state index is 11.9. The van der Waals surface area contributed by atoms with Gasteiger partial charge in [-0.25, -0.2) is 0 Å². The average molecular weight is 351 g/mol. The predicted molar refractivity (Wildman–Crippen MR) is 72.9 cm³/mol. The van der Waals surface area contributed by atoms with Crippen LogP contribution in [0, 0.1) is 3.57 Å². The summed E-state index contributed by atoms with van der Waals surface area (Å²) < 4.78 is 1.03. The number of amides is 1. The molecule has 16 heavy (non-hydrogen) atoms. The standard InChI is InChI=1S/C11H12ClIN2O/c12-10-5-7(13)1-2-9(10)11(16)15-8-3-4-14-6-8/h1-2,5,8,14H,3-4,6H2,(H,15,16). The van der Waals surface area contributed by atoms with Gasteiger partial charge in [-0.05, 0) is 53.8 Å². The average Bonchev–Trinajstić information content (AvgIpc) is 2.70. The highest BCUT2D eigenvalue weighted by Gasteiger charge is 2.18. The molecule has 1 amide bonds. The number of carbonyl (C=O) groups is 1. The SMILES string of the molecule is O=C(NC1CCNC1)c1ccc(I)cc1Cl. The smallest absolute Gasteiger partial charge is 0.253 e. The van der Waals surface area contributed by atoms with Crippen molar-refractivity contribution >= 4 is 40.1 Å². The van der Waals surface area contributed by atoms with Gasteiger partial charge in [0.05, 0.1) is 10.6 Å². The third-order valence-corrected chi connectivity index (χ3v) is 3.55. The first kappa shape index (κ1) is 12.1. The second kappa shape index (κ2) is 5.33. The molecule has 1 aliphatic heterocycles. The fourth-order valence-corrected chi connectivity index (χ4v) is 2.66. The molecule has 86 valence electrons. The molecule has 2 N–H and O–H groups in total. The Morgan fingerprint density at radius 3 is 3.00 bits per heavy atom. The minimum Gasteiger partial charge on any atom is -0.348 e. The molecule has 1 fully saturated rings. The zero-order chi connectivity index (χ0) is 11.5. The lowest BCUT2D eigenvalue weighted by atomic mass is 10.2. The Balaban J connectivity index is 2.08. The molecule has 0 aliphatic carbocycles. The first-order valence-corrected chi connectivity index (χ1v) is 6.59. The van der Waals surface area contributed by atoms with Gasteiger partial charge < -0.3 is 10.6 Å². The summed E-state index contributed by atoms with van der Waals surface area (Å²) in [7, 11) is 0. The van der Waals surface area contributed by atoms with E-state index in [1.807, 2.05) is 6.07 Å². The molecule has 0 spiro atoms. The highest BCUT2D eigenvalue weighted by molar-refractivity contribution is 14.1. The molecule has 0 radical (unpaired) electrons. The van der Waals surface area contributed by atoms with E-state index in [-0.39, 0.29) is 11.9 Å². The molecule has 3 nitrogen and oxygen atoms in total. The maximum absolute atomic E-state index is 11.9. The predicted octanol–water partition coefficient (Wildman–Crippen LogP) is 2.04. The summed E-state index contributed by atoms with van der Waals surface area (Å²) >= 11 is 8.20. The van der Waals surface area contributed by atoms with Crippen LogP contribution >= 0.6 is 34.2 Å². The lowest BCUT2D eigenvalue weighted by molar-refractivity contribution is 0.0940. The van der Waals surface area contributed by atoms with Gasteiger partial charge >= 0.3 is 0 Å². The summed E-state index contributed by atoms with van der Waals surface area (Å²) in [4.78, 5) is 11.9. The molecule has 1 aromatic carbocycles. The van der Waals surface area contributed by atoms with E-state index < -0.39 is 0 Å². The summed E-state index contributed by atoms with van der Waals surface area (Å²) in [5, 5.41) is 6.68. The molecule has 1 atom stereocenters. The van der Waals surface area contributed by atoms with Crippen LogP contribution in [0.25, 0.3) is 0 Å². The molecule has 1 unspecified atom stereocenters. The third-order valence-electron chi connectivity index (χ3n) is 2.57. The van der Waals surface area contributed by atoms with Crippen molar-refractivity contribution < 1.29 is 4.79 Å². The van der Waals surface area contributed by atoms with Crippen LogP contribution < -0.4 is 10.6 Å². The van der Waals surface area contributed by atoms with Crippen molar-refractivity contribution in [3.05, 3.63) is 32.4 Å². The van der Waals surface area contributed by atoms with Gasteiger partial charge in [-0.2, -0.15) is 0 Å². The second-order valence-corrected chi connectivity index (χ2v) is 5.44. The normalized spacial score (nSPS) is 19.8. The molecule has 2 rings (SSSR count). The number of nitrogens with one attached hydrogen (secondary N) is 2. The largest absolute Gasteiger partial charge is 0.348 e. The number of carbonyl (C=O) groups excluding carboxylic acids is 1. The van der Waals surface area contributed by atoms with Crippen molar-refractivity contribution in [3.63, 3.8) is 0 Å². The molecule has 1 saturated heterocycles. The molecular formula is C11H12ClIN2O. The number of hydrogen-bond acceptors (Lipinski definition) is 2. The van der Waals surface area contributed by atoms with Gasteiger partial charge in [0.2, 0.25) is 0 Å². The van der Waals surface area contributed by atoms with Crippen LogP contribution in [0.4, 0.5) is 0 Å². The van der Waals surface area contributed by atoms with E-state index in [1.54, 1.807) is 12.1 Å². The number of benzene rings is 1. The van der Waals surface area contributed by atoms with Crippen molar-refractivity contribution in [3.8, 4) is 0 Å². The van der Waals surface area contributed by atoms with E-state index >= 15 is 0 Å². The highest BCUT2D eigenvalue weighted by Crippen LogP contribution is 2.19. The van der Waals surface area contributed by atoms with Crippen LogP contribution in [0.5, 0.6) is 0 Å². The molecular weight excluding hydrogens is 338 g/mol. The molecule has 1 aliphatic rings. The van der Waals surface area contributed by atoms with Crippen LogP contribution in [0.15, 0.2) is 18.2 Å². The fraction of sp³-hybridized carbons (Fsp3) is 0.364. The quantitative estimate of drug-likeness (QED) is 0.802. The summed E-state index contributed by atoms with van der Waals surface area (Å²) in [6.07, 6.45) is 0.980. The lowest BCUT2D eigenvalue weighted by Gasteiger charge is -2.12. The molecule has 1 heterocycles. The van der Waals surface area contributed by atoms with Crippen LogP contribution in [0.3, 0.4) is 0 Å². The van der Waals surface area contributed by atoms with Gasteiger partial charge in [-0.1, -0.05) is 11.6 Å². The molecule has 5 heteroatoms. The van der Waals surface area contributed by atoms with E-state index in [0.717, 1.165) is 23.1 Å². The first-order valence-electron chi connectivity index (χ1n) is 5.13. The Labute approximate surface area is 113 Å². The topological polar surface area (TPSA) is 41.1 Å². The van der Waals surface area contributed by atoms with Crippen molar-refractivity contribution in [2.24, 2.45) is 0 Å². The van der Waals surface area contributed by atoms with Gasteiger partial charge in [-0.3, -0.25) is 4.79 Å². The highest BCUT2D eigenvalue weighted by atomic mass is 127. The van der Waals surface area contributed by atoms with E-state index in [2.05, 4.69) is 33.2 Å². The van der Waals surface area contributed by atoms with Gasteiger partial charge in [0.15, 0.2) is 0 Å². The van der Waals surface area contributed by atoms with Gasteiger partial charge in [0.1, 0.15) is 0 Å². The molecule has 1 aromatic rings. The Hall–Kier alpha value is -0.330. The molecule has 0 saturated carbocycles. The number of halogens is 2. The van der Waals surface area contributed by atoms with Gasteiger partial charge in [-0.15, -0.1) is 0 Å². The number of hydrogen-bond donors (Lipinski definition) is 2. The lowest BCUT2D eigenvalue weighted by Crippen LogP contribution is -2.36. The van der Waals surface area contributed by atoms with Crippen molar-refractivity contribution in [1.82, 2.24) is 10.6 Å². The van der Waals surface area contributed by atoms with Crippen LogP contribution in [0.1, 0.15) is 16.8 Å². The Kier molecular flexibility index (Phi) is 4.05. The van der Waals surface area contributed by atoms with Crippen LogP contribution in [-0.4, -0.2) is 25.0 Å². The maximum Gasteiger partial charge on any atom is 0.253 e. The van der Waals surface area contributed by atoms with Crippen molar-refractivity contribution in [1.29, 1.82) is 0 Å². The van der Waals surface area contributed by atoms with E-state index in [9.17, 15) is 4.79 Å². The first-order chi connectivity index (χ1) is 7.66. The zero-order valence-corrected chi connectivity index (χ0v) is 11.5. The summed E-state index contributed by atoms with van der Waals surface area (Å²) in [5.74, 6) is -0.0879. The Morgan fingerprint density at radius 2 is 2.38 bits per heavy atom. The second-order valence-electron chi connectivity index (χ2n) is 3.79. The van der Waals surface area contributed by atoms with E-state index in [1.165, 1.54) is 0 Å². The minimum absolute atomic E-state index is 0.0879. The third kappa shape index (κ3) is 2.87. The van der Waals surface area contributed by atoms with Crippen molar-refractivity contribution in [2.75, 3.05) is 13.1 Å². The van der Waals surface area contributed by atoms with Gasteiger partial charge in [0, 0.05) is 16.2 Å². The number of rotatable bonds is 2. The monoisotopic (exact) mass is 350 g/mol. The molecule has 0 bridgehead atoms. The van der Waals surface area contributed by atoms with Crippen LogP contribution in [0.2, 0.25) is 5.02 Å². The van der Waals surface area contributed by atoms with E-state index in [4.69, 9.17) is 11.6 Å². The minimum atomic E-state index is -0.0879. The summed E-state index contributed by atoms with van der Waals surface area (Å²) in [5.41, 5.74) is 0.550. The Bertz CT molecular complexity index is 405. The summed E-state index contributed by atoms with van der Waals surface area (Å²) in [6, 6.07) is 5.67. The van der Waals surface area contributed by atoms with Gasteiger partial charge in [0.25, 0.3) is 5.91 Å². The van der Waals surface area contributed by atoms with Crippen molar-refractivity contribution in [2.45, 2.75) is 12.5 Å². The Morgan fingerprint density at radius 1 is 1.56 bits per heavy atom. The fourth-order valence-electron chi connectivity index (χ4n) is 1.71. The van der Waals surface area contributed by atoms with E-state index in [0.29, 0.717) is 10.6 Å². The van der Waals surface area contributed by atoms with Crippen LogP contribution in [-0.2, 0) is 0 Å². The zero-order valence-electron chi connectivity index (χ0n) is 8.59. The summed E-state index contributed by atoms with van der Waals surface area (Å²) in [6.45, 7) is 1.80.